The van der Waals surface area contributed by atoms with Gasteiger partial charge in [-0.05, 0) is 37.1 Å². The molecule has 2 aromatic carbocycles. The maximum absolute atomic E-state index is 12.8. The van der Waals surface area contributed by atoms with E-state index in [0.29, 0.717) is 29.5 Å². The van der Waals surface area contributed by atoms with Crippen molar-refractivity contribution in [1.82, 2.24) is 10.3 Å². The summed E-state index contributed by atoms with van der Waals surface area (Å²) in [7, 11) is 0. The molecule has 0 saturated carbocycles. The number of ether oxygens (including phenoxy) is 2. The molecular formula is C24H26N2O5. The lowest BCUT2D eigenvalue weighted by Crippen LogP contribution is -2.45. The second kappa shape index (κ2) is 10.4. The minimum Gasteiger partial charge on any atom is -0.493 e. The van der Waals surface area contributed by atoms with Gasteiger partial charge in [0.25, 0.3) is 5.91 Å². The lowest BCUT2D eigenvalue weighted by Gasteiger charge is -2.21. The number of esters is 1. The zero-order valence-corrected chi connectivity index (χ0v) is 17.8. The van der Waals surface area contributed by atoms with Crippen LogP contribution in [0.15, 0.2) is 65.3 Å². The molecule has 162 valence electrons. The van der Waals surface area contributed by atoms with E-state index in [1.54, 1.807) is 24.3 Å². The van der Waals surface area contributed by atoms with Gasteiger partial charge in [0.05, 0.1) is 12.2 Å². The Hall–Kier alpha value is -3.61. The number of carbonyl (C=O) groups is 2. The number of oxazole rings is 1. The van der Waals surface area contributed by atoms with E-state index < -0.39 is 17.9 Å². The Morgan fingerprint density at radius 1 is 1.06 bits per heavy atom. The molecule has 0 bridgehead atoms. The van der Waals surface area contributed by atoms with Crippen LogP contribution in [-0.4, -0.2) is 29.5 Å². The molecule has 0 fully saturated rings. The van der Waals surface area contributed by atoms with E-state index in [1.807, 2.05) is 51.1 Å². The van der Waals surface area contributed by atoms with Crippen molar-refractivity contribution in [2.24, 2.45) is 5.92 Å². The van der Waals surface area contributed by atoms with Gasteiger partial charge in [0.15, 0.2) is 0 Å². The molecule has 0 radical (unpaired) electrons. The summed E-state index contributed by atoms with van der Waals surface area (Å²) in [6.07, 6.45) is 1.46. The van der Waals surface area contributed by atoms with Gasteiger partial charge in [-0.15, -0.1) is 0 Å². The van der Waals surface area contributed by atoms with Gasteiger partial charge in [-0.3, -0.25) is 4.79 Å². The van der Waals surface area contributed by atoms with Crippen LogP contribution in [0.1, 0.15) is 36.8 Å². The van der Waals surface area contributed by atoms with Crippen LogP contribution in [-0.2, 0) is 16.1 Å². The van der Waals surface area contributed by atoms with E-state index in [-0.39, 0.29) is 12.5 Å². The van der Waals surface area contributed by atoms with Crippen molar-refractivity contribution in [3.05, 3.63) is 72.1 Å². The van der Waals surface area contributed by atoms with Gasteiger partial charge in [-0.2, -0.15) is 0 Å². The zero-order valence-electron chi connectivity index (χ0n) is 17.8. The van der Waals surface area contributed by atoms with Gasteiger partial charge >= 0.3 is 5.97 Å². The van der Waals surface area contributed by atoms with Crippen LogP contribution < -0.4 is 10.1 Å². The molecule has 1 aromatic heterocycles. The van der Waals surface area contributed by atoms with Gasteiger partial charge in [0.2, 0.25) is 5.89 Å². The molecule has 1 heterocycles. The number of hydrogen-bond donors (Lipinski definition) is 1. The number of nitrogens with one attached hydrogen (secondary N) is 1. The van der Waals surface area contributed by atoms with Crippen molar-refractivity contribution in [1.29, 1.82) is 0 Å². The van der Waals surface area contributed by atoms with Crippen molar-refractivity contribution in [3.8, 4) is 17.2 Å². The molecule has 1 amide bonds. The number of nitrogens with zero attached hydrogens (tertiary/aromatic N) is 1. The van der Waals surface area contributed by atoms with Crippen molar-refractivity contribution < 1.29 is 23.5 Å². The Bertz CT molecular complexity index is 1010. The molecule has 0 aliphatic heterocycles. The van der Waals surface area contributed by atoms with Crippen molar-refractivity contribution in [2.45, 2.75) is 33.4 Å². The molecule has 0 spiro atoms. The predicted molar refractivity (Wildman–Crippen MR) is 115 cm³/mol. The monoisotopic (exact) mass is 422 g/mol. The fourth-order valence-electron chi connectivity index (χ4n) is 2.97. The molecule has 0 aliphatic rings. The molecule has 0 saturated heterocycles. The number of amides is 1. The van der Waals surface area contributed by atoms with E-state index in [4.69, 9.17) is 13.9 Å². The van der Waals surface area contributed by atoms with Gasteiger partial charge in [-0.1, -0.05) is 44.2 Å². The van der Waals surface area contributed by atoms with Gasteiger partial charge in [0, 0.05) is 5.56 Å². The van der Waals surface area contributed by atoms with Gasteiger partial charge in [-0.25, -0.2) is 9.78 Å². The van der Waals surface area contributed by atoms with E-state index in [9.17, 15) is 9.59 Å². The molecule has 31 heavy (non-hydrogen) atoms. The molecule has 1 atom stereocenters. The van der Waals surface area contributed by atoms with Crippen LogP contribution in [0.4, 0.5) is 0 Å². The SMILES string of the molecule is CCOc1ccccc1C(=O)N[C@H](C(=O)OCc1coc(-c2ccccc2)n1)C(C)C. The second-order valence-electron chi connectivity index (χ2n) is 7.24. The molecule has 7 nitrogen and oxygen atoms in total. The number of benzene rings is 2. The van der Waals surface area contributed by atoms with Gasteiger partial charge in [0.1, 0.15) is 30.4 Å². The maximum Gasteiger partial charge on any atom is 0.329 e. The largest absolute Gasteiger partial charge is 0.493 e. The second-order valence-corrected chi connectivity index (χ2v) is 7.24. The summed E-state index contributed by atoms with van der Waals surface area (Å²) in [5, 5.41) is 2.76. The zero-order chi connectivity index (χ0) is 22.2. The van der Waals surface area contributed by atoms with Gasteiger partial charge < -0.3 is 19.2 Å². The summed E-state index contributed by atoms with van der Waals surface area (Å²) in [4.78, 5) is 29.8. The fraction of sp³-hybridized carbons (Fsp3) is 0.292. The molecule has 7 heteroatoms. The minimum atomic E-state index is -0.817. The third-order valence-electron chi connectivity index (χ3n) is 4.57. The van der Waals surface area contributed by atoms with Crippen LogP contribution in [0, 0.1) is 5.92 Å². The highest BCUT2D eigenvalue weighted by Gasteiger charge is 2.27. The highest BCUT2D eigenvalue weighted by atomic mass is 16.5. The van der Waals surface area contributed by atoms with E-state index >= 15 is 0 Å². The lowest BCUT2D eigenvalue weighted by molar-refractivity contribution is -0.148. The van der Waals surface area contributed by atoms with Crippen LogP contribution in [0.3, 0.4) is 0 Å². The molecule has 1 N–H and O–H groups in total. The third-order valence-corrected chi connectivity index (χ3v) is 4.57. The highest BCUT2D eigenvalue weighted by Crippen LogP contribution is 2.20. The summed E-state index contributed by atoms with van der Waals surface area (Å²) < 4.78 is 16.4. The standard InChI is InChI=1S/C24H26N2O5/c1-4-29-20-13-9-8-12-19(20)22(27)26-21(16(2)3)24(28)31-15-18-14-30-23(25-18)17-10-6-5-7-11-17/h5-14,16,21H,4,15H2,1-3H3,(H,26,27)/t21-/m0/s1. The molecule has 0 unspecified atom stereocenters. The first-order valence-electron chi connectivity index (χ1n) is 10.2. The first kappa shape index (κ1) is 22.1. The van der Waals surface area contributed by atoms with Crippen LogP contribution >= 0.6 is 0 Å². The number of carbonyl (C=O) groups excluding carboxylic acids is 2. The van der Waals surface area contributed by atoms with Crippen molar-refractivity contribution in [2.75, 3.05) is 6.61 Å². The normalized spacial score (nSPS) is 11.7. The Kier molecular flexibility index (Phi) is 7.43. The predicted octanol–water partition coefficient (Wildman–Crippen LogP) is 4.24. The first-order chi connectivity index (χ1) is 15.0. The van der Waals surface area contributed by atoms with Crippen LogP contribution in [0.5, 0.6) is 5.75 Å². The lowest BCUT2D eigenvalue weighted by atomic mass is 10.0. The Morgan fingerprint density at radius 3 is 2.48 bits per heavy atom. The van der Waals surface area contributed by atoms with Crippen molar-refractivity contribution in [3.63, 3.8) is 0 Å². The Morgan fingerprint density at radius 2 is 1.77 bits per heavy atom. The maximum atomic E-state index is 12.8. The third kappa shape index (κ3) is 5.72. The molecule has 3 aromatic rings. The summed E-state index contributed by atoms with van der Waals surface area (Å²) in [6, 6.07) is 15.5. The Balaban J connectivity index is 1.63. The number of hydrogen-bond acceptors (Lipinski definition) is 6. The first-order valence-corrected chi connectivity index (χ1v) is 10.2. The van der Waals surface area contributed by atoms with E-state index in [1.165, 1.54) is 6.26 Å². The average Bonchev–Trinajstić information content (AvgIpc) is 3.26. The fourth-order valence-corrected chi connectivity index (χ4v) is 2.97. The van der Waals surface area contributed by atoms with Crippen LogP contribution in [0.25, 0.3) is 11.5 Å². The van der Waals surface area contributed by atoms with Crippen LogP contribution in [0.2, 0.25) is 0 Å². The summed E-state index contributed by atoms with van der Waals surface area (Å²) in [5.74, 6) is -0.191. The Labute approximate surface area is 181 Å². The summed E-state index contributed by atoms with van der Waals surface area (Å²) in [6.45, 7) is 5.90. The smallest absolute Gasteiger partial charge is 0.329 e. The molecule has 0 aliphatic carbocycles. The topological polar surface area (TPSA) is 90.7 Å². The number of para-hydroxylation sites is 1. The average molecular weight is 422 g/mol. The van der Waals surface area contributed by atoms with E-state index in [2.05, 4.69) is 10.3 Å². The minimum absolute atomic E-state index is 0.0518. The molecule has 3 rings (SSSR count). The quantitative estimate of drug-likeness (QED) is 0.519. The number of rotatable bonds is 9. The molecular weight excluding hydrogens is 396 g/mol. The highest BCUT2D eigenvalue weighted by molar-refractivity contribution is 5.99. The van der Waals surface area contributed by atoms with Crippen molar-refractivity contribution >= 4 is 11.9 Å². The number of aromatic nitrogens is 1. The summed E-state index contributed by atoms with van der Waals surface area (Å²) in [5.41, 5.74) is 1.69. The summed E-state index contributed by atoms with van der Waals surface area (Å²) >= 11 is 0. The van der Waals surface area contributed by atoms with E-state index in [0.717, 1.165) is 5.56 Å².